The van der Waals surface area contributed by atoms with Crippen LogP contribution in [0.4, 0.5) is 0 Å². The lowest BCUT2D eigenvalue weighted by molar-refractivity contribution is -0.141. The van der Waals surface area contributed by atoms with Crippen LogP contribution in [0.2, 0.25) is 0 Å². The zero-order valence-corrected chi connectivity index (χ0v) is 18.2. The van der Waals surface area contributed by atoms with Crippen molar-refractivity contribution in [3.8, 4) is 0 Å². The molecule has 1 aliphatic heterocycles. The Balaban J connectivity index is 1.67. The van der Waals surface area contributed by atoms with Gasteiger partial charge in [-0.2, -0.15) is 0 Å². The Morgan fingerprint density at radius 1 is 1.13 bits per heavy atom. The van der Waals surface area contributed by atoms with Crippen LogP contribution in [0.15, 0.2) is 24.3 Å². The van der Waals surface area contributed by atoms with Crippen LogP contribution in [0.3, 0.4) is 0 Å². The number of rotatable bonds is 8. The van der Waals surface area contributed by atoms with E-state index in [2.05, 4.69) is 5.32 Å². The average Bonchev–Trinajstić information content (AvgIpc) is 3.52. The number of carbonyl (C=O) groups excluding carboxylic acids is 2. The molecule has 0 aromatic heterocycles. The van der Waals surface area contributed by atoms with Crippen LogP contribution in [0.25, 0.3) is 0 Å². The van der Waals surface area contributed by atoms with Crippen LogP contribution in [-0.4, -0.2) is 52.3 Å². The second kappa shape index (κ2) is 9.08. The molecule has 1 saturated heterocycles. The first kappa shape index (κ1) is 22.8. The number of carboxylic acid groups (broad SMARTS) is 1. The fourth-order valence-electron chi connectivity index (χ4n) is 4.57. The fourth-order valence-corrected chi connectivity index (χ4v) is 4.57. The Morgan fingerprint density at radius 2 is 1.68 bits per heavy atom. The third-order valence-electron chi connectivity index (χ3n) is 6.42. The average molecular weight is 429 g/mol. The molecule has 5 N–H and O–H groups in total. The second-order valence-corrected chi connectivity index (χ2v) is 9.35. The summed E-state index contributed by atoms with van der Waals surface area (Å²) in [6, 6.07) is 6.52. The SMILES string of the molecule is CC(C)(NC(=O)c1ccc(C(=N)N)cc1)C(C(=O)N1CCC(CC(=O)O)CC1)C1CC1. The monoisotopic (exact) mass is 428 g/mol. The van der Waals surface area contributed by atoms with Gasteiger partial charge in [0, 0.05) is 36.2 Å². The summed E-state index contributed by atoms with van der Waals surface area (Å²) < 4.78 is 0. The third kappa shape index (κ3) is 5.62. The molecule has 8 heteroatoms. The summed E-state index contributed by atoms with van der Waals surface area (Å²) in [6.45, 7) is 4.92. The number of hydrogen-bond acceptors (Lipinski definition) is 4. The molecule has 2 fully saturated rings. The summed E-state index contributed by atoms with van der Waals surface area (Å²) >= 11 is 0. The van der Waals surface area contributed by atoms with Crippen molar-refractivity contribution < 1.29 is 19.5 Å². The molecule has 0 bridgehead atoms. The first-order valence-corrected chi connectivity index (χ1v) is 10.9. The summed E-state index contributed by atoms with van der Waals surface area (Å²) in [5.74, 6) is -1.01. The number of nitrogens with one attached hydrogen (secondary N) is 2. The number of aliphatic carboxylic acids is 1. The molecule has 1 heterocycles. The molecular formula is C23H32N4O4. The molecule has 1 atom stereocenters. The smallest absolute Gasteiger partial charge is 0.303 e. The molecular weight excluding hydrogens is 396 g/mol. The van der Waals surface area contributed by atoms with Crippen molar-refractivity contribution in [3.05, 3.63) is 35.4 Å². The van der Waals surface area contributed by atoms with Crippen molar-refractivity contribution in [3.63, 3.8) is 0 Å². The molecule has 2 aliphatic rings. The van der Waals surface area contributed by atoms with E-state index in [0.29, 0.717) is 37.1 Å². The molecule has 1 aromatic carbocycles. The highest BCUT2D eigenvalue weighted by atomic mass is 16.4. The van der Waals surface area contributed by atoms with Crippen molar-refractivity contribution in [2.45, 2.75) is 51.5 Å². The van der Waals surface area contributed by atoms with Crippen molar-refractivity contribution in [1.29, 1.82) is 5.41 Å². The zero-order chi connectivity index (χ0) is 22.8. The van der Waals surface area contributed by atoms with E-state index in [4.69, 9.17) is 16.2 Å². The number of piperidine rings is 1. The minimum absolute atomic E-state index is 0.0495. The maximum Gasteiger partial charge on any atom is 0.303 e. The summed E-state index contributed by atoms with van der Waals surface area (Å²) in [4.78, 5) is 39.1. The van der Waals surface area contributed by atoms with Crippen molar-refractivity contribution in [1.82, 2.24) is 10.2 Å². The van der Waals surface area contributed by atoms with Gasteiger partial charge in [0.15, 0.2) is 0 Å². The second-order valence-electron chi connectivity index (χ2n) is 9.35. The van der Waals surface area contributed by atoms with Crippen LogP contribution in [-0.2, 0) is 9.59 Å². The maximum absolute atomic E-state index is 13.4. The molecule has 2 amide bonds. The summed E-state index contributed by atoms with van der Waals surface area (Å²) in [7, 11) is 0. The Morgan fingerprint density at radius 3 is 2.16 bits per heavy atom. The van der Waals surface area contributed by atoms with Gasteiger partial charge in [0.25, 0.3) is 5.91 Å². The molecule has 168 valence electrons. The van der Waals surface area contributed by atoms with Gasteiger partial charge in [-0.1, -0.05) is 12.1 Å². The van der Waals surface area contributed by atoms with Gasteiger partial charge in [0.05, 0.1) is 5.92 Å². The first-order chi connectivity index (χ1) is 14.6. The van der Waals surface area contributed by atoms with Gasteiger partial charge in [0.1, 0.15) is 5.84 Å². The minimum Gasteiger partial charge on any atom is -0.481 e. The lowest BCUT2D eigenvalue weighted by Gasteiger charge is -2.40. The highest BCUT2D eigenvalue weighted by molar-refractivity contribution is 5.98. The van der Waals surface area contributed by atoms with Crippen LogP contribution in [0.1, 0.15) is 61.9 Å². The van der Waals surface area contributed by atoms with E-state index in [1.165, 1.54) is 0 Å². The summed E-state index contributed by atoms with van der Waals surface area (Å²) in [5.41, 5.74) is 5.74. The summed E-state index contributed by atoms with van der Waals surface area (Å²) in [6.07, 6.45) is 3.49. The predicted octanol–water partition coefficient (Wildman–Crippen LogP) is 2.22. The van der Waals surface area contributed by atoms with Crippen LogP contribution < -0.4 is 11.1 Å². The van der Waals surface area contributed by atoms with E-state index in [1.54, 1.807) is 24.3 Å². The number of nitrogens with two attached hydrogens (primary N) is 1. The molecule has 0 spiro atoms. The van der Waals surface area contributed by atoms with Gasteiger partial charge in [-0.3, -0.25) is 19.8 Å². The molecule has 0 radical (unpaired) electrons. The number of amidine groups is 1. The van der Waals surface area contributed by atoms with E-state index >= 15 is 0 Å². The highest BCUT2D eigenvalue weighted by Gasteiger charge is 2.48. The molecule has 1 saturated carbocycles. The first-order valence-electron chi connectivity index (χ1n) is 10.9. The lowest BCUT2D eigenvalue weighted by Crippen LogP contribution is -2.56. The number of carbonyl (C=O) groups is 3. The summed E-state index contributed by atoms with van der Waals surface area (Å²) in [5, 5.41) is 19.5. The number of nitrogens with zero attached hydrogens (tertiary/aromatic N) is 1. The van der Waals surface area contributed by atoms with Gasteiger partial charge in [-0.25, -0.2) is 0 Å². The number of hydrogen-bond donors (Lipinski definition) is 4. The number of amides is 2. The van der Waals surface area contributed by atoms with Gasteiger partial charge in [-0.05, 0) is 63.5 Å². The minimum atomic E-state index is -0.791. The Kier molecular flexibility index (Phi) is 6.67. The zero-order valence-electron chi connectivity index (χ0n) is 18.2. The van der Waals surface area contributed by atoms with Crippen molar-refractivity contribution >= 4 is 23.6 Å². The van der Waals surface area contributed by atoms with E-state index in [1.807, 2.05) is 18.7 Å². The van der Waals surface area contributed by atoms with Crippen LogP contribution in [0.5, 0.6) is 0 Å². The van der Waals surface area contributed by atoms with Crippen molar-refractivity contribution in [2.75, 3.05) is 13.1 Å². The number of benzene rings is 1. The predicted molar refractivity (Wildman–Crippen MR) is 117 cm³/mol. The van der Waals surface area contributed by atoms with E-state index < -0.39 is 11.5 Å². The van der Waals surface area contributed by atoms with Gasteiger partial charge >= 0.3 is 5.97 Å². The fraction of sp³-hybridized carbons (Fsp3) is 0.565. The number of nitrogen functional groups attached to an aromatic ring is 1. The van der Waals surface area contributed by atoms with Gasteiger partial charge in [-0.15, -0.1) is 0 Å². The van der Waals surface area contributed by atoms with E-state index in [0.717, 1.165) is 12.8 Å². The number of carboxylic acids is 1. The normalized spacial score (nSPS) is 18.3. The molecule has 1 aliphatic carbocycles. The van der Waals surface area contributed by atoms with Crippen molar-refractivity contribution in [2.24, 2.45) is 23.5 Å². The van der Waals surface area contributed by atoms with Crippen LogP contribution in [0, 0.1) is 23.2 Å². The molecule has 31 heavy (non-hydrogen) atoms. The van der Waals surface area contributed by atoms with Gasteiger partial charge in [0.2, 0.25) is 5.91 Å². The highest BCUT2D eigenvalue weighted by Crippen LogP contribution is 2.43. The topological polar surface area (TPSA) is 137 Å². The quantitative estimate of drug-likeness (QED) is 0.372. The number of likely N-dealkylation sites (tertiary alicyclic amines) is 1. The lowest BCUT2D eigenvalue weighted by atomic mass is 9.81. The van der Waals surface area contributed by atoms with Gasteiger partial charge < -0.3 is 21.1 Å². The third-order valence-corrected chi connectivity index (χ3v) is 6.42. The standard InChI is InChI=1S/C23H32N4O4/c1-23(2,26-21(30)17-7-5-16(6-8-17)20(24)25)19(15-3-4-15)22(31)27-11-9-14(10-12-27)13-18(28)29/h5-8,14-15,19H,3-4,9-13H2,1-2H3,(H3,24,25)(H,26,30)(H,28,29). The molecule has 3 rings (SSSR count). The Hall–Kier alpha value is -2.90. The Bertz CT molecular complexity index is 853. The Labute approximate surface area is 182 Å². The molecule has 1 aromatic rings. The van der Waals surface area contributed by atoms with E-state index in [9.17, 15) is 14.4 Å². The van der Waals surface area contributed by atoms with Crippen LogP contribution >= 0.6 is 0 Å². The molecule has 1 unspecified atom stereocenters. The maximum atomic E-state index is 13.4. The largest absolute Gasteiger partial charge is 0.481 e. The molecule has 8 nitrogen and oxygen atoms in total. The van der Waals surface area contributed by atoms with E-state index in [-0.39, 0.29) is 41.8 Å².